The predicted molar refractivity (Wildman–Crippen MR) is 142 cm³/mol. The summed E-state index contributed by atoms with van der Waals surface area (Å²) in [6.45, 7) is 10.8. The van der Waals surface area contributed by atoms with Crippen LogP contribution >= 0.6 is 0 Å². The van der Waals surface area contributed by atoms with Crippen LogP contribution in [0.2, 0.25) is 0 Å². The molecule has 36 heavy (non-hydrogen) atoms. The number of phenolic OH excluding ortho intramolecular Hbond substituents is 1. The molecule has 0 aromatic heterocycles. The van der Waals surface area contributed by atoms with Gasteiger partial charge in [0.2, 0.25) is 0 Å². The smallest absolute Gasteiger partial charge is 0.160 e. The zero-order chi connectivity index (χ0) is 26.0. The zero-order valence-corrected chi connectivity index (χ0v) is 22.4. The highest BCUT2D eigenvalue weighted by Crippen LogP contribution is 2.57. The number of phenols is 1. The van der Waals surface area contributed by atoms with E-state index in [0.29, 0.717) is 18.6 Å². The molecule has 2 aromatic carbocycles. The van der Waals surface area contributed by atoms with Crippen molar-refractivity contribution in [2.45, 2.75) is 78.3 Å². The average molecular weight is 490 g/mol. The highest BCUT2D eigenvalue weighted by molar-refractivity contribution is 5.91. The van der Waals surface area contributed by atoms with Gasteiger partial charge < -0.3 is 14.7 Å². The molecule has 0 amide bonds. The zero-order valence-electron chi connectivity index (χ0n) is 22.4. The van der Waals surface area contributed by atoms with Crippen LogP contribution in [0.4, 0.5) is 5.69 Å². The van der Waals surface area contributed by atoms with E-state index in [9.17, 15) is 14.7 Å². The van der Waals surface area contributed by atoms with Crippen molar-refractivity contribution in [3.63, 3.8) is 0 Å². The number of hydrogen-bond acceptors (Lipinski definition) is 5. The fourth-order valence-electron chi connectivity index (χ4n) is 7.45. The molecule has 2 saturated carbocycles. The Labute approximate surface area is 214 Å². The number of methoxy groups -OCH3 is 1. The molecule has 3 fully saturated rings. The molecule has 0 radical (unpaired) electrons. The molecule has 1 heterocycles. The molecular formula is C31H39NO4. The van der Waals surface area contributed by atoms with E-state index in [2.05, 4.69) is 63.8 Å². The van der Waals surface area contributed by atoms with Gasteiger partial charge in [-0.05, 0) is 60.4 Å². The Morgan fingerprint density at radius 1 is 0.833 bits per heavy atom. The van der Waals surface area contributed by atoms with Crippen LogP contribution in [-0.2, 0) is 9.59 Å². The van der Waals surface area contributed by atoms with Gasteiger partial charge in [0.1, 0.15) is 11.6 Å². The molecule has 4 atom stereocenters. The minimum Gasteiger partial charge on any atom is -0.504 e. The third-order valence-corrected chi connectivity index (χ3v) is 8.81. The Balaban J connectivity index is 1.73. The van der Waals surface area contributed by atoms with E-state index in [0.717, 1.165) is 24.1 Å². The first-order chi connectivity index (χ1) is 16.9. The summed E-state index contributed by atoms with van der Waals surface area (Å²) in [5.41, 5.74) is 2.99. The highest BCUT2D eigenvalue weighted by atomic mass is 16.5. The molecule has 2 aliphatic carbocycles. The van der Waals surface area contributed by atoms with Gasteiger partial charge in [0.25, 0.3) is 0 Å². The van der Waals surface area contributed by atoms with Crippen LogP contribution in [0.1, 0.15) is 70.4 Å². The summed E-state index contributed by atoms with van der Waals surface area (Å²) < 4.78 is 5.44. The lowest BCUT2D eigenvalue weighted by atomic mass is 9.53. The lowest BCUT2D eigenvalue weighted by Gasteiger charge is -2.60. The second kappa shape index (κ2) is 8.64. The Morgan fingerprint density at radius 3 is 1.86 bits per heavy atom. The van der Waals surface area contributed by atoms with E-state index >= 15 is 0 Å². The van der Waals surface area contributed by atoms with Crippen LogP contribution in [0.25, 0.3) is 0 Å². The van der Waals surface area contributed by atoms with E-state index in [4.69, 9.17) is 4.74 Å². The topological polar surface area (TPSA) is 66.8 Å². The van der Waals surface area contributed by atoms with E-state index in [1.54, 1.807) is 6.07 Å². The molecule has 5 heteroatoms. The van der Waals surface area contributed by atoms with E-state index < -0.39 is 0 Å². The van der Waals surface area contributed by atoms with Crippen molar-refractivity contribution in [2.24, 2.45) is 22.7 Å². The molecule has 2 aromatic rings. The number of hydrogen-bond donors (Lipinski definition) is 1. The Bertz CT molecular complexity index is 1140. The van der Waals surface area contributed by atoms with Gasteiger partial charge in [0.15, 0.2) is 11.5 Å². The van der Waals surface area contributed by atoms with Crippen LogP contribution in [0.15, 0.2) is 42.5 Å². The molecular weight excluding hydrogens is 450 g/mol. The first-order valence-electron chi connectivity index (χ1n) is 13.2. The first kappa shape index (κ1) is 24.9. The van der Waals surface area contributed by atoms with Gasteiger partial charge in [-0.15, -0.1) is 0 Å². The summed E-state index contributed by atoms with van der Waals surface area (Å²) in [6, 6.07) is 13.9. The van der Waals surface area contributed by atoms with Crippen molar-refractivity contribution in [2.75, 3.05) is 12.0 Å². The number of nitrogens with zero attached hydrogens (tertiary/aromatic N) is 1. The van der Waals surface area contributed by atoms with Crippen LogP contribution in [0.3, 0.4) is 0 Å². The number of carbonyl (C=O) groups is 2. The van der Waals surface area contributed by atoms with E-state index in [1.807, 2.05) is 12.1 Å². The van der Waals surface area contributed by atoms with Gasteiger partial charge in [-0.25, -0.2) is 0 Å². The molecule has 192 valence electrons. The third kappa shape index (κ3) is 4.21. The standard InChI is InChI=1S/C31H39NO4/c1-18-7-10-20(11-8-18)32-21-14-30(2,3)16-24(34)28(21)27(19-9-12-23(33)26(13-19)36-6)29-22(32)15-31(4,5)17-25(29)35/h7-13,21-22,27-29,33H,14-17H2,1-6H3. The minimum absolute atomic E-state index is 0.00305. The van der Waals surface area contributed by atoms with E-state index in [-0.39, 0.29) is 58.0 Å². The summed E-state index contributed by atoms with van der Waals surface area (Å²) in [5, 5.41) is 10.3. The maximum atomic E-state index is 14.0. The number of ether oxygens (including phenoxy) is 1. The minimum atomic E-state index is -0.292. The van der Waals surface area contributed by atoms with Crippen LogP contribution < -0.4 is 9.64 Å². The van der Waals surface area contributed by atoms with Gasteiger partial charge in [0, 0.05) is 48.4 Å². The van der Waals surface area contributed by atoms with Crippen molar-refractivity contribution in [1.29, 1.82) is 0 Å². The fraction of sp³-hybridized carbons (Fsp3) is 0.548. The van der Waals surface area contributed by atoms with Crippen LogP contribution in [0, 0.1) is 29.6 Å². The number of rotatable bonds is 3. The number of aromatic hydroxyl groups is 1. The molecule has 1 saturated heterocycles. The lowest BCUT2D eigenvalue weighted by molar-refractivity contribution is -0.138. The largest absolute Gasteiger partial charge is 0.504 e. The Kier molecular flexibility index (Phi) is 5.96. The number of fused-ring (bicyclic) bond motifs is 2. The molecule has 0 spiro atoms. The number of carbonyl (C=O) groups excluding carboxylic acids is 2. The summed E-state index contributed by atoms with van der Waals surface area (Å²) in [7, 11) is 1.53. The van der Waals surface area contributed by atoms with Gasteiger partial charge >= 0.3 is 0 Å². The summed E-state index contributed by atoms with van der Waals surface area (Å²) >= 11 is 0. The molecule has 1 N–H and O–H groups in total. The molecule has 0 bridgehead atoms. The Hall–Kier alpha value is -2.82. The average Bonchev–Trinajstić information content (AvgIpc) is 2.77. The second-order valence-electron chi connectivity index (χ2n) is 12.9. The monoisotopic (exact) mass is 489 g/mol. The van der Waals surface area contributed by atoms with Gasteiger partial charge in [-0.3, -0.25) is 9.59 Å². The van der Waals surface area contributed by atoms with Crippen molar-refractivity contribution >= 4 is 17.3 Å². The number of Topliss-reactive ketones (excluding diaryl/α,β-unsaturated/α-hetero) is 2. The van der Waals surface area contributed by atoms with Gasteiger partial charge in [-0.2, -0.15) is 0 Å². The van der Waals surface area contributed by atoms with Crippen LogP contribution in [-0.4, -0.2) is 35.9 Å². The van der Waals surface area contributed by atoms with Crippen molar-refractivity contribution < 1.29 is 19.4 Å². The number of piperidine rings is 1. The predicted octanol–water partition coefficient (Wildman–Crippen LogP) is 6.06. The van der Waals surface area contributed by atoms with Gasteiger partial charge in [0.05, 0.1) is 7.11 Å². The molecule has 1 aliphatic heterocycles. The van der Waals surface area contributed by atoms with Gasteiger partial charge in [-0.1, -0.05) is 51.5 Å². The normalized spacial score (nSPS) is 30.9. The lowest BCUT2D eigenvalue weighted by Crippen LogP contribution is -2.66. The summed E-state index contributed by atoms with van der Waals surface area (Å²) in [6.07, 6.45) is 2.80. The molecule has 5 rings (SSSR count). The van der Waals surface area contributed by atoms with Crippen molar-refractivity contribution in [1.82, 2.24) is 0 Å². The maximum Gasteiger partial charge on any atom is 0.160 e. The number of ketones is 2. The number of benzene rings is 2. The summed E-state index contributed by atoms with van der Waals surface area (Å²) in [4.78, 5) is 30.4. The maximum absolute atomic E-state index is 14.0. The van der Waals surface area contributed by atoms with Crippen LogP contribution in [0.5, 0.6) is 11.5 Å². The van der Waals surface area contributed by atoms with Crippen molar-refractivity contribution in [3.05, 3.63) is 53.6 Å². The summed E-state index contributed by atoms with van der Waals surface area (Å²) in [5.74, 6) is 0.110. The number of anilines is 1. The SMILES string of the molecule is COc1cc(C2C3C(=O)CC(C)(C)CC3N(c3ccc(C)cc3)C3CC(C)(C)CC(=O)C23)ccc1O. The first-order valence-corrected chi connectivity index (χ1v) is 13.2. The quantitative estimate of drug-likeness (QED) is 0.568. The molecule has 3 aliphatic rings. The fourth-order valence-corrected chi connectivity index (χ4v) is 7.45. The molecule has 5 nitrogen and oxygen atoms in total. The number of aryl methyl sites for hydroxylation is 1. The van der Waals surface area contributed by atoms with E-state index in [1.165, 1.54) is 12.7 Å². The third-order valence-electron chi connectivity index (χ3n) is 8.81. The Morgan fingerprint density at radius 2 is 1.36 bits per heavy atom. The molecule has 4 unspecified atom stereocenters. The van der Waals surface area contributed by atoms with Crippen molar-refractivity contribution in [3.8, 4) is 11.5 Å². The second-order valence-corrected chi connectivity index (χ2v) is 12.9. The highest BCUT2D eigenvalue weighted by Gasteiger charge is 2.59.